The van der Waals surface area contributed by atoms with Crippen LogP contribution in [-0.4, -0.2) is 51.1 Å². The highest BCUT2D eigenvalue weighted by atomic mass is 32.2. The Hall–Kier alpha value is -0.750. The molecule has 118 valence electrons. The molecule has 0 aromatic rings. The fourth-order valence-electron chi connectivity index (χ4n) is 3.91. The highest BCUT2D eigenvalue weighted by Crippen LogP contribution is 2.47. The monoisotopic (exact) mass is 312 g/mol. The SMILES string of the molecule is CC12CCC(=O)N1C(C(=O)NC1CCCCC1CO)CS2. The van der Waals surface area contributed by atoms with Crippen LogP contribution in [0.1, 0.15) is 45.4 Å². The summed E-state index contributed by atoms with van der Waals surface area (Å²) in [6.07, 6.45) is 5.52. The molecule has 0 radical (unpaired) electrons. The Kier molecular flexibility index (Phi) is 4.19. The minimum atomic E-state index is -0.337. The van der Waals surface area contributed by atoms with Crippen molar-refractivity contribution in [1.82, 2.24) is 10.2 Å². The van der Waals surface area contributed by atoms with E-state index in [1.165, 1.54) is 0 Å². The highest BCUT2D eigenvalue weighted by molar-refractivity contribution is 8.01. The molecule has 0 aromatic heterocycles. The van der Waals surface area contributed by atoms with Gasteiger partial charge in [0.2, 0.25) is 11.8 Å². The van der Waals surface area contributed by atoms with Gasteiger partial charge in [-0.25, -0.2) is 0 Å². The molecule has 2 aliphatic heterocycles. The fourth-order valence-corrected chi connectivity index (χ4v) is 5.34. The van der Waals surface area contributed by atoms with Crippen molar-refractivity contribution in [1.29, 1.82) is 0 Å². The van der Waals surface area contributed by atoms with Gasteiger partial charge in [0.15, 0.2) is 0 Å². The van der Waals surface area contributed by atoms with Crippen LogP contribution < -0.4 is 5.32 Å². The van der Waals surface area contributed by atoms with E-state index in [1.54, 1.807) is 16.7 Å². The van der Waals surface area contributed by atoms with E-state index in [-0.39, 0.29) is 41.3 Å². The first-order chi connectivity index (χ1) is 10.0. The average Bonchev–Trinajstić information content (AvgIpc) is 2.97. The summed E-state index contributed by atoms with van der Waals surface area (Å²) in [4.78, 5) is 26.3. The van der Waals surface area contributed by atoms with E-state index < -0.39 is 0 Å². The van der Waals surface area contributed by atoms with Crippen molar-refractivity contribution in [2.45, 2.75) is 62.4 Å². The number of carbonyl (C=O) groups excluding carboxylic acids is 2. The Morgan fingerprint density at radius 2 is 2.24 bits per heavy atom. The quantitative estimate of drug-likeness (QED) is 0.819. The zero-order valence-electron chi connectivity index (χ0n) is 12.5. The summed E-state index contributed by atoms with van der Waals surface area (Å²) >= 11 is 1.72. The molecule has 21 heavy (non-hydrogen) atoms. The van der Waals surface area contributed by atoms with Gasteiger partial charge < -0.3 is 15.3 Å². The van der Waals surface area contributed by atoms with Crippen LogP contribution >= 0.6 is 11.8 Å². The topological polar surface area (TPSA) is 69.6 Å². The van der Waals surface area contributed by atoms with Crippen molar-refractivity contribution in [3.05, 3.63) is 0 Å². The molecule has 3 rings (SSSR count). The van der Waals surface area contributed by atoms with Crippen LogP contribution in [0.5, 0.6) is 0 Å². The van der Waals surface area contributed by atoms with Crippen LogP contribution in [0.25, 0.3) is 0 Å². The fraction of sp³-hybridized carbons (Fsp3) is 0.867. The molecule has 0 aromatic carbocycles. The minimum absolute atomic E-state index is 0.0353. The Labute approximate surface area is 129 Å². The third-order valence-corrected chi connectivity index (χ3v) is 6.72. The number of amides is 2. The van der Waals surface area contributed by atoms with Gasteiger partial charge >= 0.3 is 0 Å². The van der Waals surface area contributed by atoms with Gasteiger partial charge in [0.05, 0.1) is 4.87 Å². The molecule has 3 fully saturated rings. The van der Waals surface area contributed by atoms with Crippen LogP contribution in [0.2, 0.25) is 0 Å². The van der Waals surface area contributed by atoms with Crippen molar-refractivity contribution >= 4 is 23.6 Å². The maximum absolute atomic E-state index is 12.6. The minimum Gasteiger partial charge on any atom is -0.396 e. The molecular formula is C15H24N2O3S. The van der Waals surface area contributed by atoms with E-state index in [0.717, 1.165) is 32.1 Å². The van der Waals surface area contributed by atoms with E-state index in [9.17, 15) is 14.7 Å². The molecule has 5 nitrogen and oxygen atoms in total. The number of carbonyl (C=O) groups is 2. The van der Waals surface area contributed by atoms with Crippen LogP contribution in [0, 0.1) is 5.92 Å². The van der Waals surface area contributed by atoms with E-state index >= 15 is 0 Å². The summed E-state index contributed by atoms with van der Waals surface area (Å²) in [6, 6.07) is -0.276. The first kappa shape index (κ1) is 15.2. The van der Waals surface area contributed by atoms with Gasteiger partial charge in [-0.2, -0.15) is 0 Å². The van der Waals surface area contributed by atoms with Crippen molar-refractivity contribution < 1.29 is 14.7 Å². The highest BCUT2D eigenvalue weighted by Gasteiger charge is 2.53. The Morgan fingerprint density at radius 1 is 1.48 bits per heavy atom. The van der Waals surface area contributed by atoms with Gasteiger partial charge in [-0.3, -0.25) is 9.59 Å². The summed E-state index contributed by atoms with van der Waals surface area (Å²) in [7, 11) is 0. The standard InChI is InChI=1S/C15H24N2O3S/c1-15-7-6-13(19)17(15)12(9-21-15)14(20)16-11-5-3-2-4-10(11)8-18/h10-12,18H,2-9H2,1H3,(H,16,20). The summed E-state index contributed by atoms with van der Waals surface area (Å²) < 4.78 is 0. The molecule has 0 bridgehead atoms. The van der Waals surface area contributed by atoms with Gasteiger partial charge in [0.25, 0.3) is 0 Å². The average molecular weight is 312 g/mol. The van der Waals surface area contributed by atoms with Crippen LogP contribution in [0.4, 0.5) is 0 Å². The number of rotatable bonds is 3. The number of hydrogen-bond donors (Lipinski definition) is 2. The molecular weight excluding hydrogens is 288 g/mol. The van der Waals surface area contributed by atoms with Crippen molar-refractivity contribution in [2.24, 2.45) is 5.92 Å². The summed E-state index contributed by atoms with van der Waals surface area (Å²) in [5.41, 5.74) is 0. The lowest BCUT2D eigenvalue weighted by Crippen LogP contribution is -2.54. The van der Waals surface area contributed by atoms with Gasteiger partial charge in [-0.15, -0.1) is 11.8 Å². The van der Waals surface area contributed by atoms with Gasteiger partial charge in [0.1, 0.15) is 6.04 Å². The van der Waals surface area contributed by atoms with E-state index in [1.807, 2.05) is 0 Å². The number of thioether (sulfide) groups is 1. The van der Waals surface area contributed by atoms with Crippen molar-refractivity contribution in [3.63, 3.8) is 0 Å². The first-order valence-electron chi connectivity index (χ1n) is 7.92. The number of nitrogens with one attached hydrogen (secondary N) is 1. The van der Waals surface area contributed by atoms with Gasteiger partial charge in [-0.1, -0.05) is 12.8 Å². The van der Waals surface area contributed by atoms with E-state index in [4.69, 9.17) is 0 Å². The molecule has 2 saturated heterocycles. The molecule has 0 spiro atoms. The molecule has 6 heteroatoms. The zero-order chi connectivity index (χ0) is 15.0. The molecule has 2 amide bonds. The first-order valence-corrected chi connectivity index (χ1v) is 8.91. The smallest absolute Gasteiger partial charge is 0.243 e. The summed E-state index contributed by atoms with van der Waals surface area (Å²) in [5, 5.41) is 12.6. The van der Waals surface area contributed by atoms with E-state index in [0.29, 0.717) is 12.2 Å². The summed E-state index contributed by atoms with van der Waals surface area (Å²) in [6.45, 7) is 2.19. The summed E-state index contributed by atoms with van der Waals surface area (Å²) in [5.74, 6) is 0.916. The molecule has 2 N–H and O–H groups in total. The second kappa shape index (κ2) is 5.80. The predicted molar refractivity (Wildman–Crippen MR) is 81.7 cm³/mol. The van der Waals surface area contributed by atoms with Crippen LogP contribution in [-0.2, 0) is 9.59 Å². The Morgan fingerprint density at radius 3 is 3.00 bits per heavy atom. The van der Waals surface area contributed by atoms with Gasteiger partial charge in [0, 0.05) is 30.7 Å². The molecule has 3 aliphatic rings. The van der Waals surface area contributed by atoms with Crippen molar-refractivity contribution in [3.8, 4) is 0 Å². The second-order valence-corrected chi connectivity index (χ2v) is 8.11. The number of aliphatic hydroxyl groups excluding tert-OH is 1. The number of aliphatic hydroxyl groups is 1. The molecule has 1 saturated carbocycles. The Bertz CT molecular complexity index is 445. The Balaban J connectivity index is 1.67. The second-order valence-electron chi connectivity index (χ2n) is 6.61. The number of hydrogen-bond acceptors (Lipinski definition) is 4. The number of nitrogens with zero attached hydrogens (tertiary/aromatic N) is 1. The normalized spacial score (nSPS) is 39.4. The molecule has 2 heterocycles. The lowest BCUT2D eigenvalue weighted by atomic mass is 9.85. The third kappa shape index (κ3) is 2.68. The van der Waals surface area contributed by atoms with Crippen LogP contribution in [0.3, 0.4) is 0 Å². The lowest BCUT2D eigenvalue weighted by molar-refractivity contribution is -0.138. The predicted octanol–water partition coefficient (Wildman–Crippen LogP) is 1.11. The van der Waals surface area contributed by atoms with Crippen molar-refractivity contribution in [2.75, 3.05) is 12.4 Å². The lowest BCUT2D eigenvalue weighted by Gasteiger charge is -2.34. The number of fused-ring (bicyclic) bond motifs is 1. The molecule has 4 unspecified atom stereocenters. The molecule has 4 atom stereocenters. The third-order valence-electron chi connectivity index (χ3n) is 5.22. The zero-order valence-corrected chi connectivity index (χ0v) is 13.3. The maximum atomic E-state index is 12.6. The van der Waals surface area contributed by atoms with Gasteiger partial charge in [-0.05, 0) is 26.2 Å². The van der Waals surface area contributed by atoms with Crippen LogP contribution in [0.15, 0.2) is 0 Å². The molecule has 1 aliphatic carbocycles. The maximum Gasteiger partial charge on any atom is 0.243 e. The largest absolute Gasteiger partial charge is 0.396 e. The van der Waals surface area contributed by atoms with E-state index in [2.05, 4.69) is 12.2 Å².